The molecule has 240 valence electrons. The normalized spacial score (nSPS) is 34.9. The van der Waals surface area contributed by atoms with Crippen LogP contribution in [0, 0.1) is 21.7 Å². The van der Waals surface area contributed by atoms with Gasteiger partial charge in [-0.05, 0) is 143 Å². The van der Waals surface area contributed by atoms with Gasteiger partial charge in [-0.2, -0.15) is 0 Å². The van der Waals surface area contributed by atoms with E-state index in [9.17, 15) is 10.2 Å². The van der Waals surface area contributed by atoms with Crippen LogP contribution in [0.1, 0.15) is 178 Å². The highest BCUT2D eigenvalue weighted by atomic mass is 16.3. The van der Waals surface area contributed by atoms with Gasteiger partial charge in [-0.3, -0.25) is 0 Å². The van der Waals surface area contributed by atoms with Crippen molar-refractivity contribution in [3.05, 3.63) is 58.7 Å². The zero-order valence-corrected chi connectivity index (χ0v) is 28.8. The summed E-state index contributed by atoms with van der Waals surface area (Å²) in [5, 5.41) is 22.4. The first-order valence-corrected chi connectivity index (χ1v) is 18.4. The van der Waals surface area contributed by atoms with E-state index < -0.39 is 0 Å². The van der Waals surface area contributed by atoms with Crippen LogP contribution in [0.4, 0.5) is 0 Å². The zero-order valence-electron chi connectivity index (χ0n) is 28.8. The van der Waals surface area contributed by atoms with Gasteiger partial charge < -0.3 is 10.2 Å². The molecule has 2 heteroatoms. The van der Waals surface area contributed by atoms with Gasteiger partial charge >= 0.3 is 0 Å². The Balaban J connectivity index is 1.42. The molecule has 0 unspecified atom stereocenters. The zero-order chi connectivity index (χ0) is 31.2. The molecular formula is C42H60O2. The number of hydrogen-bond donors (Lipinski definition) is 2. The van der Waals surface area contributed by atoms with Crippen molar-refractivity contribution in [3.63, 3.8) is 0 Å². The number of phenols is 2. The quantitative estimate of drug-likeness (QED) is 0.368. The van der Waals surface area contributed by atoms with Crippen molar-refractivity contribution >= 4 is 0 Å². The average Bonchev–Trinajstić information content (AvgIpc) is 2.97. The molecule has 2 N–H and O–H groups in total. The second-order valence-electron chi connectivity index (χ2n) is 18.9. The summed E-state index contributed by atoms with van der Waals surface area (Å²) in [6.07, 6.45) is 20.2. The standard InChI is InChI=1S/C42H60O2/c1-37(2,3)41-24-39(31-17-19-35(43)33(21-31)29-13-9-7-10-14-29)23-40(25-41,27-42(26-39,28-41)38(4,5)6)32-18-20-36(44)34(22-32)30-15-11-8-12-16-30/h17-22,29-30,43-44H,7-16,23-28H2,1-6H3. The summed E-state index contributed by atoms with van der Waals surface area (Å²) in [7, 11) is 0. The highest BCUT2D eigenvalue weighted by molar-refractivity contribution is 5.49. The molecule has 6 aliphatic carbocycles. The first kappa shape index (κ1) is 30.7. The second kappa shape index (κ2) is 10.3. The molecule has 2 nitrogen and oxygen atoms in total. The molecule has 8 rings (SSSR count). The van der Waals surface area contributed by atoms with Crippen LogP contribution in [0.5, 0.6) is 11.5 Å². The lowest BCUT2D eigenvalue weighted by molar-refractivity contribution is -0.214. The molecule has 6 aliphatic rings. The summed E-state index contributed by atoms with van der Waals surface area (Å²) < 4.78 is 0. The molecule has 0 saturated heterocycles. The van der Waals surface area contributed by atoms with E-state index in [-0.39, 0.29) is 32.5 Å². The number of hydrogen-bond acceptors (Lipinski definition) is 2. The molecule has 2 aromatic carbocycles. The van der Waals surface area contributed by atoms with Crippen molar-refractivity contribution < 1.29 is 10.2 Å². The van der Waals surface area contributed by atoms with Gasteiger partial charge in [0.2, 0.25) is 0 Å². The predicted molar refractivity (Wildman–Crippen MR) is 183 cm³/mol. The number of rotatable bonds is 4. The largest absolute Gasteiger partial charge is 0.508 e. The van der Waals surface area contributed by atoms with E-state index in [1.54, 1.807) is 0 Å². The van der Waals surface area contributed by atoms with Crippen molar-refractivity contribution in [1.82, 2.24) is 0 Å². The summed E-state index contributed by atoms with van der Waals surface area (Å²) in [6, 6.07) is 13.8. The summed E-state index contributed by atoms with van der Waals surface area (Å²) in [4.78, 5) is 0. The molecule has 0 aromatic heterocycles. The minimum absolute atomic E-state index is 0.0926. The highest BCUT2D eigenvalue weighted by Crippen LogP contribution is 2.80. The minimum atomic E-state index is 0.0926. The molecule has 0 amide bonds. The molecule has 0 atom stereocenters. The van der Waals surface area contributed by atoms with Gasteiger partial charge in [-0.25, -0.2) is 0 Å². The fraction of sp³-hybridized carbons (Fsp3) is 0.714. The van der Waals surface area contributed by atoms with Gasteiger partial charge in [0.15, 0.2) is 0 Å². The summed E-state index contributed by atoms with van der Waals surface area (Å²) in [5.41, 5.74) is 6.50. The molecule has 0 radical (unpaired) electrons. The molecule has 0 spiro atoms. The third-order valence-electron chi connectivity index (χ3n) is 14.6. The van der Waals surface area contributed by atoms with Crippen molar-refractivity contribution in [2.45, 2.75) is 167 Å². The average molecular weight is 597 g/mol. The summed E-state index contributed by atoms with van der Waals surface area (Å²) in [5.74, 6) is 2.03. The lowest BCUT2D eigenvalue weighted by atomic mass is 9.28. The Hall–Kier alpha value is -1.96. The second-order valence-corrected chi connectivity index (χ2v) is 18.9. The Morgan fingerprint density at radius 2 is 0.864 bits per heavy atom. The topological polar surface area (TPSA) is 40.5 Å². The number of aromatic hydroxyl groups is 2. The van der Waals surface area contributed by atoms with E-state index in [0.29, 0.717) is 23.3 Å². The summed E-state index contributed by atoms with van der Waals surface area (Å²) >= 11 is 0. The minimum Gasteiger partial charge on any atom is -0.508 e. The van der Waals surface area contributed by atoms with Gasteiger partial charge in [0.05, 0.1) is 0 Å². The van der Waals surface area contributed by atoms with Crippen LogP contribution < -0.4 is 0 Å². The Labute approximate surface area is 268 Å². The molecule has 2 aromatic rings. The van der Waals surface area contributed by atoms with E-state index in [1.807, 2.05) is 0 Å². The fourth-order valence-corrected chi connectivity index (χ4v) is 12.1. The van der Waals surface area contributed by atoms with Gasteiger partial charge in [0.1, 0.15) is 11.5 Å². The maximum atomic E-state index is 11.2. The van der Waals surface area contributed by atoms with Gasteiger partial charge in [-0.15, -0.1) is 0 Å². The van der Waals surface area contributed by atoms with Crippen LogP contribution in [0.2, 0.25) is 0 Å². The maximum absolute atomic E-state index is 11.2. The Morgan fingerprint density at radius 3 is 1.20 bits per heavy atom. The van der Waals surface area contributed by atoms with Gasteiger partial charge in [0.25, 0.3) is 0 Å². The maximum Gasteiger partial charge on any atom is 0.119 e. The number of benzene rings is 2. The molecule has 0 heterocycles. The molecule has 6 fully saturated rings. The Bertz CT molecular complexity index is 1270. The first-order valence-electron chi connectivity index (χ1n) is 18.4. The van der Waals surface area contributed by atoms with E-state index in [2.05, 4.69) is 77.9 Å². The molecule has 44 heavy (non-hydrogen) atoms. The predicted octanol–water partition coefficient (Wildman–Crippen LogP) is 11.8. The van der Waals surface area contributed by atoms with E-state index in [4.69, 9.17) is 0 Å². The molecule has 4 bridgehead atoms. The smallest absolute Gasteiger partial charge is 0.119 e. The molecular weight excluding hydrogens is 536 g/mol. The molecule has 0 aliphatic heterocycles. The van der Waals surface area contributed by atoms with Crippen molar-refractivity contribution in [3.8, 4) is 11.5 Å². The molecule has 6 saturated carbocycles. The number of phenolic OH excluding ortho intramolecular Hbond substituents is 2. The van der Waals surface area contributed by atoms with Gasteiger partial charge in [-0.1, -0.05) is 104 Å². The Morgan fingerprint density at radius 1 is 0.500 bits per heavy atom. The van der Waals surface area contributed by atoms with Gasteiger partial charge in [0, 0.05) is 0 Å². The SMILES string of the molecule is CC(C)(C)C12CC3(c4ccc(O)c(C5CCCCC5)c4)CC(c4ccc(O)c(C5CCCCC5)c4)(C1)CC(C(C)(C)C)(C3)C2. The van der Waals surface area contributed by atoms with Crippen LogP contribution in [-0.4, -0.2) is 10.2 Å². The lowest BCUT2D eigenvalue weighted by Crippen LogP contribution is -2.69. The van der Waals surface area contributed by atoms with E-state index >= 15 is 0 Å². The van der Waals surface area contributed by atoms with Crippen molar-refractivity contribution in [2.24, 2.45) is 21.7 Å². The third kappa shape index (κ3) is 4.69. The first-order chi connectivity index (χ1) is 20.7. The van der Waals surface area contributed by atoms with E-state index in [0.717, 1.165) is 0 Å². The Kier molecular flexibility index (Phi) is 7.16. The van der Waals surface area contributed by atoms with Crippen LogP contribution in [0.15, 0.2) is 36.4 Å². The van der Waals surface area contributed by atoms with Crippen molar-refractivity contribution in [1.29, 1.82) is 0 Å². The van der Waals surface area contributed by atoms with Crippen molar-refractivity contribution in [2.75, 3.05) is 0 Å². The fourth-order valence-electron chi connectivity index (χ4n) is 12.1. The highest BCUT2D eigenvalue weighted by Gasteiger charge is 2.72. The van der Waals surface area contributed by atoms with E-state index in [1.165, 1.54) is 125 Å². The summed E-state index contributed by atoms with van der Waals surface area (Å²) in [6.45, 7) is 15.2. The van der Waals surface area contributed by atoms with Crippen LogP contribution in [-0.2, 0) is 10.8 Å². The lowest BCUT2D eigenvalue weighted by Gasteiger charge is -2.76. The van der Waals surface area contributed by atoms with Crippen LogP contribution >= 0.6 is 0 Å². The van der Waals surface area contributed by atoms with Crippen LogP contribution in [0.3, 0.4) is 0 Å². The van der Waals surface area contributed by atoms with Crippen LogP contribution in [0.25, 0.3) is 0 Å². The third-order valence-corrected chi connectivity index (χ3v) is 14.6. The monoisotopic (exact) mass is 596 g/mol.